The van der Waals surface area contributed by atoms with E-state index in [-0.39, 0.29) is 12.1 Å². The number of aromatic nitrogens is 1. The fourth-order valence-electron chi connectivity index (χ4n) is 7.27. The number of benzene rings is 5. The van der Waals surface area contributed by atoms with Crippen LogP contribution in [0.15, 0.2) is 147 Å². The summed E-state index contributed by atoms with van der Waals surface area (Å²) in [6, 6.07) is 44.7. The minimum atomic E-state index is -0.217. The highest BCUT2D eigenvalue weighted by molar-refractivity contribution is 6.15. The van der Waals surface area contributed by atoms with Crippen LogP contribution in [0.1, 0.15) is 35.5 Å². The van der Waals surface area contributed by atoms with Crippen LogP contribution in [0.25, 0.3) is 44.5 Å². The standard InChI is InChI=1S/C41H32N4O/c1-26-23-34-32-19-8-11-22-37(32)46-38(34)25-33(26)41-43-39(42-40(44(41)2)27-13-4-3-5-14-27)28-15-12-16-29(24-28)45-35-20-9-6-17-30(35)31-18-7-10-21-36(31)45/h3-22,24-26,40H,23H2,1-2H3. The molecular formula is C41H32N4O. The normalized spacial score (nSPS) is 18.0. The third-order valence-electron chi connectivity index (χ3n) is 9.51. The minimum absolute atomic E-state index is 0.217. The molecule has 0 radical (unpaired) electrons. The van der Waals surface area contributed by atoms with Crippen molar-refractivity contribution in [3.05, 3.63) is 155 Å². The largest absolute Gasteiger partial charge is 0.456 e. The van der Waals surface area contributed by atoms with Crippen molar-refractivity contribution in [2.45, 2.75) is 19.5 Å². The molecule has 0 saturated carbocycles. The first kappa shape index (κ1) is 26.7. The first-order chi connectivity index (χ1) is 22.6. The molecule has 46 heavy (non-hydrogen) atoms. The lowest BCUT2D eigenvalue weighted by Crippen LogP contribution is -2.38. The van der Waals surface area contributed by atoms with Gasteiger partial charge in [-0.2, -0.15) is 0 Å². The summed E-state index contributed by atoms with van der Waals surface area (Å²) in [6.45, 7) is 2.29. The number of nitrogens with zero attached hydrogens (tertiary/aromatic N) is 4. The fourth-order valence-corrected chi connectivity index (χ4v) is 7.27. The van der Waals surface area contributed by atoms with Gasteiger partial charge in [0.15, 0.2) is 5.84 Å². The molecule has 2 aliphatic rings. The Kier molecular flexibility index (Phi) is 6.07. The molecule has 2 atom stereocenters. The Morgan fingerprint density at radius 1 is 0.717 bits per heavy atom. The van der Waals surface area contributed by atoms with E-state index in [1.54, 1.807) is 0 Å². The van der Waals surface area contributed by atoms with Crippen LogP contribution in [-0.4, -0.2) is 28.2 Å². The van der Waals surface area contributed by atoms with Gasteiger partial charge in [-0.1, -0.05) is 104 Å². The average molecular weight is 597 g/mol. The van der Waals surface area contributed by atoms with Crippen LogP contribution in [0.2, 0.25) is 0 Å². The van der Waals surface area contributed by atoms with Gasteiger partial charge in [0, 0.05) is 45.6 Å². The number of amidine groups is 2. The Morgan fingerprint density at radius 3 is 2.15 bits per heavy atom. The molecule has 222 valence electrons. The van der Waals surface area contributed by atoms with Crippen molar-refractivity contribution in [3.63, 3.8) is 0 Å². The zero-order chi connectivity index (χ0) is 30.8. The Labute approximate surface area is 267 Å². The third-order valence-corrected chi connectivity index (χ3v) is 9.51. The van der Waals surface area contributed by atoms with Gasteiger partial charge in [-0.05, 0) is 54.3 Å². The highest BCUT2D eigenvalue weighted by Gasteiger charge is 2.33. The van der Waals surface area contributed by atoms with Crippen LogP contribution in [0.5, 0.6) is 0 Å². The molecule has 5 aromatic carbocycles. The lowest BCUT2D eigenvalue weighted by Gasteiger charge is -2.35. The third kappa shape index (κ3) is 4.16. The van der Waals surface area contributed by atoms with E-state index in [9.17, 15) is 0 Å². The van der Waals surface area contributed by atoms with Crippen molar-refractivity contribution < 1.29 is 4.42 Å². The summed E-state index contributed by atoms with van der Waals surface area (Å²) < 4.78 is 8.71. The summed E-state index contributed by atoms with van der Waals surface area (Å²) in [5.74, 6) is 2.85. The molecule has 0 bridgehead atoms. The van der Waals surface area contributed by atoms with Crippen molar-refractivity contribution in [1.82, 2.24) is 9.47 Å². The van der Waals surface area contributed by atoms with E-state index in [4.69, 9.17) is 14.4 Å². The Bertz CT molecular complexity index is 2340. The van der Waals surface area contributed by atoms with Crippen LogP contribution < -0.4 is 0 Å². The van der Waals surface area contributed by atoms with Crippen LogP contribution >= 0.6 is 0 Å². The van der Waals surface area contributed by atoms with Crippen molar-refractivity contribution >= 4 is 50.5 Å². The second-order valence-electron chi connectivity index (χ2n) is 12.3. The van der Waals surface area contributed by atoms with E-state index in [1.165, 1.54) is 38.3 Å². The summed E-state index contributed by atoms with van der Waals surface area (Å²) in [5, 5.41) is 3.69. The van der Waals surface area contributed by atoms with Crippen molar-refractivity contribution in [3.8, 4) is 5.69 Å². The lowest BCUT2D eigenvalue weighted by atomic mass is 9.85. The molecule has 3 heterocycles. The molecule has 5 nitrogen and oxygen atoms in total. The van der Waals surface area contributed by atoms with E-state index >= 15 is 0 Å². The van der Waals surface area contributed by atoms with Gasteiger partial charge in [-0.25, -0.2) is 9.98 Å². The second-order valence-corrected chi connectivity index (χ2v) is 12.3. The number of aliphatic imine (C=N–C) groups is 2. The number of furan rings is 1. The van der Waals surface area contributed by atoms with E-state index in [1.807, 2.05) is 6.07 Å². The summed E-state index contributed by atoms with van der Waals surface area (Å²) in [4.78, 5) is 12.8. The molecule has 1 aliphatic heterocycles. The van der Waals surface area contributed by atoms with Crippen molar-refractivity contribution in [1.29, 1.82) is 0 Å². The van der Waals surface area contributed by atoms with Crippen LogP contribution in [0.4, 0.5) is 0 Å². The van der Waals surface area contributed by atoms with Gasteiger partial charge in [0.2, 0.25) is 0 Å². The van der Waals surface area contributed by atoms with Gasteiger partial charge in [0.25, 0.3) is 0 Å². The molecule has 0 fully saturated rings. The van der Waals surface area contributed by atoms with Crippen molar-refractivity contribution in [2.24, 2.45) is 15.9 Å². The molecule has 0 N–H and O–H groups in total. The molecular weight excluding hydrogens is 564 g/mol. The van der Waals surface area contributed by atoms with Gasteiger partial charge >= 0.3 is 0 Å². The molecule has 7 aromatic rings. The van der Waals surface area contributed by atoms with Gasteiger partial charge in [0.1, 0.15) is 23.3 Å². The number of fused-ring (bicyclic) bond motifs is 6. The van der Waals surface area contributed by atoms with Crippen LogP contribution in [0, 0.1) is 5.92 Å². The lowest BCUT2D eigenvalue weighted by molar-refractivity contribution is 0.378. The topological polar surface area (TPSA) is 46.0 Å². The summed E-state index contributed by atoms with van der Waals surface area (Å²) in [6.07, 6.45) is 2.89. The van der Waals surface area contributed by atoms with Crippen LogP contribution in [0.3, 0.4) is 0 Å². The molecule has 0 amide bonds. The van der Waals surface area contributed by atoms with Crippen molar-refractivity contribution in [2.75, 3.05) is 7.05 Å². The number of para-hydroxylation sites is 3. The molecule has 5 heteroatoms. The van der Waals surface area contributed by atoms with Gasteiger partial charge in [0.05, 0.1) is 11.0 Å². The quantitative estimate of drug-likeness (QED) is 0.203. The summed E-state index contributed by atoms with van der Waals surface area (Å²) in [7, 11) is 2.10. The zero-order valence-electron chi connectivity index (χ0n) is 25.8. The highest BCUT2D eigenvalue weighted by atomic mass is 16.3. The molecule has 0 saturated heterocycles. The average Bonchev–Trinajstić information content (AvgIpc) is 3.64. The Balaban J connectivity index is 1.21. The number of hydrogen-bond acceptors (Lipinski definition) is 4. The maximum absolute atomic E-state index is 6.36. The summed E-state index contributed by atoms with van der Waals surface area (Å²) in [5.41, 5.74) is 8.94. The second kappa shape index (κ2) is 10.5. The van der Waals surface area contributed by atoms with Crippen LogP contribution in [-0.2, 0) is 6.42 Å². The Hall–Kier alpha value is -5.68. The predicted molar refractivity (Wildman–Crippen MR) is 189 cm³/mol. The SMILES string of the molecule is CC1Cc2c(oc3ccccc23)C=C1C1=NC(c2cccc(-n3c4ccccc4c4ccccc43)c2)=NC(c2ccccc2)N1C. The highest BCUT2D eigenvalue weighted by Crippen LogP contribution is 2.39. The first-order valence-electron chi connectivity index (χ1n) is 15.9. The smallest absolute Gasteiger partial charge is 0.159 e. The maximum atomic E-state index is 6.36. The molecule has 1 aliphatic carbocycles. The van der Waals surface area contributed by atoms with E-state index in [0.29, 0.717) is 0 Å². The van der Waals surface area contributed by atoms with E-state index in [2.05, 4.69) is 151 Å². The molecule has 9 rings (SSSR count). The number of likely N-dealkylation sites (N-methyl/N-ethyl adjacent to an activating group) is 1. The monoisotopic (exact) mass is 596 g/mol. The minimum Gasteiger partial charge on any atom is -0.456 e. The van der Waals surface area contributed by atoms with E-state index in [0.717, 1.165) is 46.2 Å². The van der Waals surface area contributed by atoms with Gasteiger partial charge < -0.3 is 13.9 Å². The summed E-state index contributed by atoms with van der Waals surface area (Å²) >= 11 is 0. The maximum Gasteiger partial charge on any atom is 0.159 e. The predicted octanol–water partition coefficient (Wildman–Crippen LogP) is 9.59. The van der Waals surface area contributed by atoms with E-state index < -0.39 is 0 Å². The molecule has 0 spiro atoms. The number of hydrogen-bond donors (Lipinski definition) is 0. The Morgan fingerprint density at radius 2 is 1.39 bits per heavy atom. The fraction of sp³-hybridized carbons (Fsp3) is 0.122. The van der Waals surface area contributed by atoms with Gasteiger partial charge in [-0.3, -0.25) is 0 Å². The first-order valence-corrected chi connectivity index (χ1v) is 15.9. The number of rotatable bonds is 4. The molecule has 2 unspecified atom stereocenters. The molecule has 2 aromatic heterocycles. The zero-order valence-corrected chi connectivity index (χ0v) is 25.8. The van der Waals surface area contributed by atoms with Gasteiger partial charge in [-0.15, -0.1) is 0 Å².